The van der Waals surface area contributed by atoms with Crippen LogP contribution in [0.2, 0.25) is 5.02 Å². The second-order valence-electron chi connectivity index (χ2n) is 4.91. The van der Waals surface area contributed by atoms with Crippen molar-refractivity contribution in [2.24, 2.45) is 5.92 Å². The molecule has 1 aromatic rings. The van der Waals surface area contributed by atoms with Gasteiger partial charge in [-0.3, -0.25) is 4.79 Å². The van der Waals surface area contributed by atoms with Crippen LogP contribution in [0.3, 0.4) is 0 Å². The molecule has 2 atom stereocenters. The number of hydrogen-bond acceptors (Lipinski definition) is 4. The van der Waals surface area contributed by atoms with Gasteiger partial charge in [-0.1, -0.05) is 23.7 Å². The summed E-state index contributed by atoms with van der Waals surface area (Å²) in [6.07, 6.45) is -0.352. The third-order valence-electron chi connectivity index (χ3n) is 3.26. The summed E-state index contributed by atoms with van der Waals surface area (Å²) >= 11 is 7.46. The number of carbonyl (C=O) groups excluding carboxylic acids is 1. The van der Waals surface area contributed by atoms with Crippen LogP contribution < -0.4 is 10.6 Å². The summed E-state index contributed by atoms with van der Waals surface area (Å²) in [7, 11) is 0. The SMILES string of the molecule is O=C(CSCc1cccc(Cl)c1)NCC1CNCC1O. The number of halogens is 1. The van der Waals surface area contributed by atoms with Gasteiger partial charge in [0, 0.05) is 36.3 Å². The Morgan fingerprint density at radius 1 is 1.50 bits per heavy atom. The highest BCUT2D eigenvalue weighted by Gasteiger charge is 2.24. The maximum Gasteiger partial charge on any atom is 0.230 e. The number of carbonyl (C=O) groups is 1. The van der Waals surface area contributed by atoms with Crippen molar-refractivity contribution in [2.75, 3.05) is 25.4 Å². The number of aliphatic hydroxyl groups excluding tert-OH is 1. The minimum atomic E-state index is -0.352. The van der Waals surface area contributed by atoms with E-state index in [1.54, 1.807) is 11.8 Å². The monoisotopic (exact) mass is 314 g/mol. The number of aliphatic hydroxyl groups is 1. The topological polar surface area (TPSA) is 61.4 Å². The molecule has 2 unspecified atom stereocenters. The molecular formula is C14H19ClN2O2S. The molecule has 3 N–H and O–H groups in total. The molecular weight excluding hydrogens is 296 g/mol. The second-order valence-corrected chi connectivity index (χ2v) is 6.33. The Hall–Kier alpha value is -0.750. The van der Waals surface area contributed by atoms with Crippen LogP contribution in [0.15, 0.2) is 24.3 Å². The van der Waals surface area contributed by atoms with Gasteiger partial charge in [0.25, 0.3) is 0 Å². The molecule has 1 heterocycles. The Labute approximate surface area is 128 Å². The molecule has 1 aromatic carbocycles. The van der Waals surface area contributed by atoms with Crippen molar-refractivity contribution in [3.05, 3.63) is 34.9 Å². The molecule has 1 aliphatic heterocycles. The van der Waals surface area contributed by atoms with E-state index in [1.807, 2.05) is 24.3 Å². The van der Waals surface area contributed by atoms with Crippen LogP contribution in [-0.2, 0) is 10.5 Å². The number of amides is 1. The summed E-state index contributed by atoms with van der Waals surface area (Å²) in [5.74, 6) is 1.32. The van der Waals surface area contributed by atoms with Crippen LogP contribution in [0, 0.1) is 5.92 Å². The second kappa shape index (κ2) is 7.88. The van der Waals surface area contributed by atoms with Gasteiger partial charge in [-0.05, 0) is 17.7 Å². The molecule has 1 aliphatic rings. The van der Waals surface area contributed by atoms with E-state index in [2.05, 4.69) is 10.6 Å². The van der Waals surface area contributed by atoms with E-state index in [-0.39, 0.29) is 17.9 Å². The highest BCUT2D eigenvalue weighted by atomic mass is 35.5. The Balaban J connectivity index is 1.63. The first kappa shape index (κ1) is 15.6. The van der Waals surface area contributed by atoms with Crippen LogP contribution in [0.5, 0.6) is 0 Å². The Morgan fingerprint density at radius 2 is 2.35 bits per heavy atom. The Morgan fingerprint density at radius 3 is 3.05 bits per heavy atom. The molecule has 0 aromatic heterocycles. The highest BCUT2D eigenvalue weighted by molar-refractivity contribution is 7.99. The van der Waals surface area contributed by atoms with E-state index < -0.39 is 0 Å². The van der Waals surface area contributed by atoms with Gasteiger partial charge in [0.05, 0.1) is 11.9 Å². The van der Waals surface area contributed by atoms with Crippen LogP contribution in [-0.4, -0.2) is 42.5 Å². The van der Waals surface area contributed by atoms with Gasteiger partial charge in [0.2, 0.25) is 5.91 Å². The number of benzene rings is 1. The quantitative estimate of drug-likeness (QED) is 0.740. The van der Waals surface area contributed by atoms with Crippen molar-refractivity contribution in [1.82, 2.24) is 10.6 Å². The molecule has 1 amide bonds. The van der Waals surface area contributed by atoms with Crippen molar-refractivity contribution in [2.45, 2.75) is 11.9 Å². The average Bonchev–Trinajstić information content (AvgIpc) is 2.82. The summed E-state index contributed by atoms with van der Waals surface area (Å²) in [5.41, 5.74) is 1.12. The molecule has 4 nitrogen and oxygen atoms in total. The number of rotatable bonds is 6. The molecule has 2 rings (SSSR count). The van der Waals surface area contributed by atoms with Crippen molar-refractivity contribution >= 4 is 29.3 Å². The molecule has 0 saturated carbocycles. The third kappa shape index (κ3) is 4.98. The molecule has 0 aliphatic carbocycles. The van der Waals surface area contributed by atoms with E-state index in [0.717, 1.165) is 22.9 Å². The first-order valence-corrected chi connectivity index (χ1v) is 8.16. The van der Waals surface area contributed by atoms with Gasteiger partial charge >= 0.3 is 0 Å². The third-order valence-corrected chi connectivity index (χ3v) is 4.50. The lowest BCUT2D eigenvalue weighted by Gasteiger charge is -2.13. The lowest BCUT2D eigenvalue weighted by atomic mass is 10.1. The van der Waals surface area contributed by atoms with Crippen LogP contribution >= 0.6 is 23.4 Å². The lowest BCUT2D eigenvalue weighted by molar-refractivity contribution is -0.118. The zero-order chi connectivity index (χ0) is 14.4. The minimum absolute atomic E-state index is 0.0103. The van der Waals surface area contributed by atoms with Crippen molar-refractivity contribution in [3.63, 3.8) is 0 Å². The first-order chi connectivity index (χ1) is 9.65. The van der Waals surface area contributed by atoms with Gasteiger partial charge < -0.3 is 15.7 Å². The zero-order valence-corrected chi connectivity index (χ0v) is 12.7. The van der Waals surface area contributed by atoms with Gasteiger partial charge in [0.1, 0.15) is 0 Å². The molecule has 110 valence electrons. The van der Waals surface area contributed by atoms with Crippen molar-refractivity contribution in [3.8, 4) is 0 Å². The Kier molecular flexibility index (Phi) is 6.16. The minimum Gasteiger partial charge on any atom is -0.391 e. The van der Waals surface area contributed by atoms with Crippen molar-refractivity contribution in [1.29, 1.82) is 0 Å². The highest BCUT2D eigenvalue weighted by Crippen LogP contribution is 2.16. The predicted molar refractivity (Wildman–Crippen MR) is 83.0 cm³/mol. The molecule has 0 spiro atoms. The first-order valence-electron chi connectivity index (χ1n) is 6.63. The number of β-amino-alcohol motifs (C(OH)–C–C–N with tert-alkyl or cyclic N) is 1. The molecule has 20 heavy (non-hydrogen) atoms. The fourth-order valence-electron chi connectivity index (χ4n) is 2.11. The number of hydrogen-bond donors (Lipinski definition) is 3. The maximum atomic E-state index is 11.7. The van der Waals surface area contributed by atoms with E-state index >= 15 is 0 Å². The van der Waals surface area contributed by atoms with Crippen LogP contribution in [0.4, 0.5) is 0 Å². The normalized spacial score (nSPS) is 21.9. The molecule has 1 saturated heterocycles. The lowest BCUT2D eigenvalue weighted by Crippen LogP contribution is -2.35. The van der Waals surface area contributed by atoms with Crippen LogP contribution in [0.1, 0.15) is 5.56 Å². The smallest absolute Gasteiger partial charge is 0.230 e. The molecule has 0 radical (unpaired) electrons. The summed E-state index contributed by atoms with van der Waals surface area (Å²) in [6, 6.07) is 7.65. The molecule has 6 heteroatoms. The number of thioether (sulfide) groups is 1. The molecule has 1 fully saturated rings. The average molecular weight is 315 g/mol. The zero-order valence-electron chi connectivity index (χ0n) is 11.1. The van der Waals surface area contributed by atoms with E-state index in [9.17, 15) is 9.90 Å². The standard InChI is InChI=1S/C14H19ClN2O2S/c15-12-3-1-2-10(4-12)8-20-9-14(19)17-6-11-5-16-7-13(11)18/h1-4,11,13,16,18H,5-9H2,(H,17,19). The largest absolute Gasteiger partial charge is 0.391 e. The fourth-order valence-corrected chi connectivity index (χ4v) is 3.13. The van der Waals surface area contributed by atoms with Gasteiger partial charge in [-0.15, -0.1) is 11.8 Å². The predicted octanol–water partition coefficient (Wildman–Crippen LogP) is 1.27. The van der Waals surface area contributed by atoms with Gasteiger partial charge in [0.15, 0.2) is 0 Å². The summed E-state index contributed by atoms with van der Waals surface area (Å²) < 4.78 is 0. The molecule has 0 bridgehead atoms. The summed E-state index contributed by atoms with van der Waals surface area (Å²) in [6.45, 7) is 1.91. The van der Waals surface area contributed by atoms with Crippen LogP contribution in [0.25, 0.3) is 0 Å². The van der Waals surface area contributed by atoms with E-state index in [4.69, 9.17) is 11.6 Å². The van der Waals surface area contributed by atoms with E-state index in [1.165, 1.54) is 0 Å². The van der Waals surface area contributed by atoms with Gasteiger partial charge in [-0.25, -0.2) is 0 Å². The van der Waals surface area contributed by atoms with Gasteiger partial charge in [-0.2, -0.15) is 0 Å². The Bertz CT molecular complexity index is 459. The summed E-state index contributed by atoms with van der Waals surface area (Å²) in [4.78, 5) is 11.7. The number of nitrogens with one attached hydrogen (secondary N) is 2. The van der Waals surface area contributed by atoms with E-state index in [0.29, 0.717) is 18.8 Å². The fraction of sp³-hybridized carbons (Fsp3) is 0.500. The summed E-state index contributed by atoms with van der Waals surface area (Å²) in [5, 5.41) is 16.3. The van der Waals surface area contributed by atoms with Crippen molar-refractivity contribution < 1.29 is 9.90 Å². The maximum absolute atomic E-state index is 11.7.